The Morgan fingerprint density at radius 3 is 2.60 bits per heavy atom. The van der Waals surface area contributed by atoms with Gasteiger partial charge < -0.3 is 9.64 Å². The normalized spacial score (nSPS) is 16.1. The Labute approximate surface area is 159 Å². The van der Waals surface area contributed by atoms with Crippen LogP contribution in [0, 0.1) is 0 Å². The van der Waals surface area contributed by atoms with Crippen molar-refractivity contribution in [3.05, 3.63) is 46.4 Å². The maximum absolute atomic E-state index is 6.05. The molecular formula is C19H23Cl2N3O. The summed E-state index contributed by atoms with van der Waals surface area (Å²) < 4.78 is 5.84. The molecule has 3 rings (SSSR count). The predicted octanol–water partition coefficient (Wildman–Crippen LogP) is 5.10. The van der Waals surface area contributed by atoms with Crippen molar-refractivity contribution < 1.29 is 4.74 Å². The molecule has 0 unspecified atom stereocenters. The Balaban J connectivity index is 1.71. The minimum atomic E-state index is 0.469. The summed E-state index contributed by atoms with van der Waals surface area (Å²) in [4.78, 5) is 9.50. The van der Waals surface area contributed by atoms with E-state index in [2.05, 4.69) is 28.6 Å². The molecule has 1 aromatic heterocycles. The number of hydrogen-bond donors (Lipinski definition) is 0. The molecule has 2 heterocycles. The van der Waals surface area contributed by atoms with E-state index in [1.165, 1.54) is 0 Å². The fourth-order valence-electron chi connectivity index (χ4n) is 2.98. The second kappa shape index (κ2) is 8.26. The minimum Gasteiger partial charge on any atom is -0.439 e. The summed E-state index contributed by atoms with van der Waals surface area (Å²) in [5.41, 5.74) is 0. The van der Waals surface area contributed by atoms with E-state index in [9.17, 15) is 0 Å². The highest BCUT2D eigenvalue weighted by molar-refractivity contribution is 6.42. The molecule has 0 N–H and O–H groups in total. The van der Waals surface area contributed by atoms with Gasteiger partial charge >= 0.3 is 0 Å². The third-order valence-corrected chi connectivity index (χ3v) is 5.15. The number of nitrogens with zero attached hydrogens (tertiary/aromatic N) is 3. The van der Waals surface area contributed by atoms with Crippen molar-refractivity contribution in [2.45, 2.75) is 26.3 Å². The van der Waals surface area contributed by atoms with Gasteiger partial charge in [0.2, 0.25) is 5.88 Å². The Morgan fingerprint density at radius 1 is 1.00 bits per heavy atom. The highest BCUT2D eigenvalue weighted by Crippen LogP contribution is 2.29. The van der Waals surface area contributed by atoms with E-state index < -0.39 is 0 Å². The summed E-state index contributed by atoms with van der Waals surface area (Å²) >= 11 is 12.0. The lowest BCUT2D eigenvalue weighted by molar-refractivity contribution is 0.238. The van der Waals surface area contributed by atoms with Gasteiger partial charge in [0.15, 0.2) is 0 Å². The van der Waals surface area contributed by atoms with Gasteiger partial charge in [0.1, 0.15) is 11.6 Å². The highest BCUT2D eigenvalue weighted by atomic mass is 35.5. The molecule has 6 heteroatoms. The molecular weight excluding hydrogens is 357 g/mol. The van der Waals surface area contributed by atoms with Crippen LogP contribution < -0.4 is 9.64 Å². The van der Waals surface area contributed by atoms with Crippen molar-refractivity contribution in [1.29, 1.82) is 0 Å². The van der Waals surface area contributed by atoms with E-state index in [4.69, 9.17) is 27.9 Å². The summed E-state index contributed by atoms with van der Waals surface area (Å²) in [6, 6.07) is 11.6. The molecule has 1 aliphatic heterocycles. The van der Waals surface area contributed by atoms with Crippen LogP contribution in [0.3, 0.4) is 0 Å². The van der Waals surface area contributed by atoms with Crippen LogP contribution in [-0.2, 0) is 0 Å². The lowest BCUT2D eigenvalue weighted by atomic mass is 10.3. The number of rotatable bonds is 4. The van der Waals surface area contributed by atoms with Gasteiger partial charge in [-0.1, -0.05) is 29.3 Å². The summed E-state index contributed by atoms with van der Waals surface area (Å²) in [6.07, 6.45) is 1.14. The standard InChI is InChI=1S/C19H23Cl2N3O/c1-14(2)23-9-4-10-24(12-11-23)18-5-3-6-19(22-18)25-15-7-8-16(20)17(21)13-15/h3,5-8,13-14H,4,9-12H2,1-2H3. The molecule has 4 nitrogen and oxygen atoms in total. The number of anilines is 1. The van der Waals surface area contributed by atoms with Crippen LogP contribution in [0.1, 0.15) is 20.3 Å². The molecule has 2 aromatic rings. The SMILES string of the molecule is CC(C)N1CCCN(c2cccc(Oc3ccc(Cl)c(Cl)c3)n2)CC1. The summed E-state index contributed by atoms with van der Waals surface area (Å²) in [5, 5.41) is 0.978. The first-order valence-electron chi connectivity index (χ1n) is 8.62. The number of benzene rings is 1. The first-order valence-corrected chi connectivity index (χ1v) is 9.37. The molecule has 0 aliphatic carbocycles. The number of pyridine rings is 1. The molecule has 0 saturated carbocycles. The third kappa shape index (κ3) is 4.78. The van der Waals surface area contributed by atoms with Gasteiger partial charge in [0, 0.05) is 44.4 Å². The number of halogens is 2. The second-order valence-electron chi connectivity index (χ2n) is 6.48. The third-order valence-electron chi connectivity index (χ3n) is 4.41. The molecule has 1 fully saturated rings. The lowest BCUT2D eigenvalue weighted by Crippen LogP contribution is -2.35. The topological polar surface area (TPSA) is 28.6 Å². The Bertz CT molecular complexity index is 724. The smallest absolute Gasteiger partial charge is 0.221 e. The van der Waals surface area contributed by atoms with E-state index in [1.54, 1.807) is 18.2 Å². The number of aromatic nitrogens is 1. The first kappa shape index (κ1) is 18.3. The Kier molecular flexibility index (Phi) is 6.05. The molecule has 0 radical (unpaired) electrons. The van der Waals surface area contributed by atoms with Crippen molar-refractivity contribution in [3.63, 3.8) is 0 Å². The fourth-order valence-corrected chi connectivity index (χ4v) is 3.27. The molecule has 25 heavy (non-hydrogen) atoms. The molecule has 1 saturated heterocycles. The van der Waals surface area contributed by atoms with Crippen molar-refractivity contribution in [2.24, 2.45) is 0 Å². The minimum absolute atomic E-state index is 0.469. The predicted molar refractivity (Wildman–Crippen MR) is 104 cm³/mol. The van der Waals surface area contributed by atoms with Crippen molar-refractivity contribution in [3.8, 4) is 11.6 Å². The average Bonchev–Trinajstić information content (AvgIpc) is 2.85. The zero-order valence-electron chi connectivity index (χ0n) is 14.6. The Hall–Kier alpha value is -1.49. The average molecular weight is 380 g/mol. The highest BCUT2D eigenvalue weighted by Gasteiger charge is 2.18. The van der Waals surface area contributed by atoms with Crippen LogP contribution in [0.15, 0.2) is 36.4 Å². The van der Waals surface area contributed by atoms with Crippen LogP contribution in [0.2, 0.25) is 10.0 Å². The molecule has 0 spiro atoms. The van der Waals surface area contributed by atoms with Gasteiger partial charge in [-0.25, -0.2) is 0 Å². The van der Waals surface area contributed by atoms with Gasteiger partial charge in [-0.15, -0.1) is 0 Å². The van der Waals surface area contributed by atoms with Crippen LogP contribution in [0.4, 0.5) is 5.82 Å². The van der Waals surface area contributed by atoms with Gasteiger partial charge in [0.05, 0.1) is 10.0 Å². The van der Waals surface area contributed by atoms with Gasteiger partial charge in [0.25, 0.3) is 0 Å². The number of ether oxygens (including phenoxy) is 1. The van der Waals surface area contributed by atoms with Gasteiger partial charge in [-0.05, 0) is 38.5 Å². The largest absolute Gasteiger partial charge is 0.439 e. The molecule has 0 atom stereocenters. The fraction of sp³-hybridized carbons (Fsp3) is 0.421. The molecule has 1 aliphatic rings. The first-order chi connectivity index (χ1) is 12.0. The van der Waals surface area contributed by atoms with Crippen LogP contribution in [-0.4, -0.2) is 42.1 Å². The zero-order chi connectivity index (χ0) is 17.8. The Morgan fingerprint density at radius 2 is 1.84 bits per heavy atom. The van der Waals surface area contributed by atoms with E-state index in [0.29, 0.717) is 27.7 Å². The second-order valence-corrected chi connectivity index (χ2v) is 7.30. The summed E-state index contributed by atoms with van der Waals surface area (Å²) in [7, 11) is 0. The maximum Gasteiger partial charge on any atom is 0.221 e. The van der Waals surface area contributed by atoms with E-state index in [0.717, 1.165) is 38.4 Å². The van der Waals surface area contributed by atoms with Crippen molar-refractivity contribution in [1.82, 2.24) is 9.88 Å². The van der Waals surface area contributed by atoms with Crippen LogP contribution in [0.25, 0.3) is 0 Å². The molecule has 1 aromatic carbocycles. The van der Waals surface area contributed by atoms with Gasteiger partial charge in [-0.3, -0.25) is 4.90 Å². The molecule has 0 amide bonds. The van der Waals surface area contributed by atoms with E-state index >= 15 is 0 Å². The number of hydrogen-bond acceptors (Lipinski definition) is 4. The van der Waals surface area contributed by atoms with E-state index in [-0.39, 0.29) is 0 Å². The van der Waals surface area contributed by atoms with Gasteiger partial charge in [-0.2, -0.15) is 4.98 Å². The zero-order valence-corrected chi connectivity index (χ0v) is 16.1. The van der Waals surface area contributed by atoms with Crippen LogP contribution in [0.5, 0.6) is 11.6 Å². The maximum atomic E-state index is 6.05. The van der Waals surface area contributed by atoms with Crippen molar-refractivity contribution >= 4 is 29.0 Å². The monoisotopic (exact) mass is 379 g/mol. The summed E-state index contributed by atoms with van der Waals surface area (Å²) in [6.45, 7) is 8.66. The molecule has 134 valence electrons. The van der Waals surface area contributed by atoms with Crippen LogP contribution >= 0.6 is 23.2 Å². The molecule has 0 bridgehead atoms. The lowest BCUT2D eigenvalue weighted by Gasteiger charge is -2.25. The van der Waals surface area contributed by atoms with Crippen molar-refractivity contribution in [2.75, 3.05) is 31.1 Å². The quantitative estimate of drug-likeness (QED) is 0.738. The van der Waals surface area contributed by atoms with E-state index in [1.807, 2.05) is 18.2 Å². The summed E-state index contributed by atoms with van der Waals surface area (Å²) in [5.74, 6) is 2.13.